The highest BCUT2D eigenvalue weighted by molar-refractivity contribution is 8.18. The number of carbonyl (C=O) groups excluding carboxylic acids is 1. The Morgan fingerprint density at radius 1 is 1.12 bits per heavy atom. The molecule has 1 N–H and O–H groups in total. The largest absolute Gasteiger partial charge is 0.416 e. The van der Waals surface area contributed by atoms with Crippen LogP contribution in [0.15, 0.2) is 52.5 Å². The van der Waals surface area contributed by atoms with E-state index in [0.29, 0.717) is 33.3 Å². The molecule has 4 rings (SSSR count). The standard InChI is InChI=1S/C21H14F6N4OS/c1-28-18-17(33-19(32)30-18)7-11-3-2-4-16-14(11)9-29-31(16)10-12-5-6-13(20(22,23)24)8-15(12)21(25,26)27/h2-9H,10H2,1H3,(H,28,30,32)/b17-7-. The normalized spacial score (nSPS) is 17.4. The second-order valence-electron chi connectivity index (χ2n) is 7.05. The Morgan fingerprint density at radius 2 is 1.88 bits per heavy atom. The summed E-state index contributed by atoms with van der Waals surface area (Å²) >= 11 is 0.955. The van der Waals surface area contributed by atoms with Crippen LogP contribution in [0.25, 0.3) is 17.0 Å². The van der Waals surface area contributed by atoms with Gasteiger partial charge in [-0.1, -0.05) is 18.2 Å². The average Bonchev–Trinajstić information content (AvgIpc) is 3.30. The van der Waals surface area contributed by atoms with Crippen molar-refractivity contribution in [1.82, 2.24) is 15.1 Å². The average molecular weight is 484 g/mol. The van der Waals surface area contributed by atoms with Gasteiger partial charge < -0.3 is 5.32 Å². The Kier molecular flexibility index (Phi) is 5.72. The van der Waals surface area contributed by atoms with Crippen molar-refractivity contribution in [2.75, 3.05) is 7.05 Å². The molecule has 1 aliphatic heterocycles. The number of amidine groups is 1. The molecule has 172 valence electrons. The van der Waals surface area contributed by atoms with Crippen LogP contribution >= 0.6 is 11.8 Å². The van der Waals surface area contributed by atoms with E-state index < -0.39 is 23.5 Å². The summed E-state index contributed by atoms with van der Waals surface area (Å²) in [5.74, 6) is 0.397. The Hall–Kier alpha value is -3.28. The van der Waals surface area contributed by atoms with Gasteiger partial charge in [0.05, 0.1) is 34.3 Å². The van der Waals surface area contributed by atoms with Gasteiger partial charge in [-0.2, -0.15) is 31.4 Å². The minimum absolute atomic E-state index is 0.115. The molecule has 2 aromatic carbocycles. The van der Waals surface area contributed by atoms with Crippen LogP contribution in [0.3, 0.4) is 0 Å². The maximum absolute atomic E-state index is 13.5. The number of aliphatic imine (C=N–C) groups is 1. The van der Waals surface area contributed by atoms with Gasteiger partial charge in [0.1, 0.15) is 5.84 Å². The number of aromatic nitrogens is 2. The van der Waals surface area contributed by atoms with Crippen LogP contribution in [0.4, 0.5) is 31.1 Å². The van der Waals surface area contributed by atoms with Gasteiger partial charge in [0.2, 0.25) is 0 Å². The Bertz CT molecular complexity index is 1310. The summed E-state index contributed by atoms with van der Waals surface area (Å²) in [5, 5.41) is 7.06. The molecule has 3 aromatic rings. The van der Waals surface area contributed by atoms with Crippen LogP contribution in [0, 0.1) is 0 Å². The number of nitrogens with one attached hydrogen (secondary N) is 1. The first kappa shape index (κ1) is 22.9. The van der Waals surface area contributed by atoms with Crippen LogP contribution in [0.2, 0.25) is 0 Å². The van der Waals surface area contributed by atoms with E-state index in [2.05, 4.69) is 15.4 Å². The van der Waals surface area contributed by atoms with Crippen molar-refractivity contribution in [2.24, 2.45) is 4.99 Å². The molecule has 1 amide bonds. The summed E-state index contributed by atoms with van der Waals surface area (Å²) in [6.07, 6.45) is -6.70. The fraction of sp³-hybridized carbons (Fsp3) is 0.190. The summed E-state index contributed by atoms with van der Waals surface area (Å²) in [4.78, 5) is 16.2. The van der Waals surface area contributed by atoms with Gasteiger partial charge in [0, 0.05) is 12.4 Å². The molecule has 2 heterocycles. The lowest BCUT2D eigenvalue weighted by Crippen LogP contribution is -2.18. The predicted octanol–water partition coefficient (Wildman–Crippen LogP) is 5.95. The molecule has 1 fully saturated rings. The summed E-state index contributed by atoms with van der Waals surface area (Å²) in [6, 6.07) is 6.62. The summed E-state index contributed by atoms with van der Waals surface area (Å²) in [5.41, 5.74) is -1.94. The van der Waals surface area contributed by atoms with E-state index >= 15 is 0 Å². The lowest BCUT2D eigenvalue weighted by molar-refractivity contribution is -0.143. The van der Waals surface area contributed by atoms with Crippen LogP contribution in [0.1, 0.15) is 22.3 Å². The second-order valence-corrected chi connectivity index (χ2v) is 8.06. The second kappa shape index (κ2) is 8.25. The Balaban J connectivity index is 1.75. The summed E-state index contributed by atoms with van der Waals surface area (Å²) in [7, 11) is 1.52. The number of hydrogen-bond donors (Lipinski definition) is 1. The van der Waals surface area contributed by atoms with Crippen LogP contribution in [-0.4, -0.2) is 27.9 Å². The van der Waals surface area contributed by atoms with Crippen molar-refractivity contribution < 1.29 is 31.1 Å². The first-order chi connectivity index (χ1) is 15.5. The first-order valence-corrected chi connectivity index (χ1v) is 10.2. The number of nitrogens with zero attached hydrogens (tertiary/aromatic N) is 3. The number of benzene rings is 2. The van der Waals surface area contributed by atoms with Gasteiger partial charge in [0.25, 0.3) is 5.24 Å². The van der Waals surface area contributed by atoms with Gasteiger partial charge >= 0.3 is 12.4 Å². The lowest BCUT2D eigenvalue weighted by Gasteiger charge is -2.16. The van der Waals surface area contributed by atoms with Crippen molar-refractivity contribution in [3.8, 4) is 0 Å². The number of fused-ring (bicyclic) bond motifs is 1. The first-order valence-electron chi connectivity index (χ1n) is 9.37. The highest BCUT2D eigenvalue weighted by Gasteiger charge is 2.38. The summed E-state index contributed by atoms with van der Waals surface area (Å²) < 4.78 is 80.6. The van der Waals surface area contributed by atoms with E-state index in [1.807, 2.05) is 0 Å². The van der Waals surface area contributed by atoms with Crippen LogP contribution < -0.4 is 5.32 Å². The van der Waals surface area contributed by atoms with E-state index in [1.165, 1.54) is 17.9 Å². The van der Waals surface area contributed by atoms with Crippen LogP contribution in [-0.2, 0) is 18.9 Å². The van der Waals surface area contributed by atoms with Crippen molar-refractivity contribution in [3.63, 3.8) is 0 Å². The molecule has 0 unspecified atom stereocenters. The predicted molar refractivity (Wildman–Crippen MR) is 113 cm³/mol. The van der Waals surface area contributed by atoms with E-state index in [4.69, 9.17) is 0 Å². The number of hydrogen-bond acceptors (Lipinski definition) is 4. The highest BCUT2D eigenvalue weighted by Crippen LogP contribution is 2.38. The van der Waals surface area contributed by atoms with Gasteiger partial charge in [-0.05, 0) is 47.2 Å². The fourth-order valence-electron chi connectivity index (χ4n) is 3.43. The zero-order valence-corrected chi connectivity index (χ0v) is 17.6. The molecule has 0 atom stereocenters. The zero-order chi connectivity index (χ0) is 24.0. The maximum Gasteiger partial charge on any atom is 0.416 e. The summed E-state index contributed by atoms with van der Waals surface area (Å²) in [6.45, 7) is -0.382. The number of halogens is 6. The Morgan fingerprint density at radius 3 is 2.55 bits per heavy atom. The zero-order valence-electron chi connectivity index (χ0n) is 16.8. The number of rotatable bonds is 3. The van der Waals surface area contributed by atoms with Crippen molar-refractivity contribution in [2.45, 2.75) is 18.9 Å². The molecule has 0 spiro atoms. The molecule has 12 heteroatoms. The molecule has 1 aromatic heterocycles. The molecule has 0 bridgehead atoms. The molecule has 0 saturated carbocycles. The lowest BCUT2D eigenvalue weighted by atomic mass is 10.0. The monoisotopic (exact) mass is 484 g/mol. The third-order valence-corrected chi connectivity index (χ3v) is 5.77. The smallest absolute Gasteiger partial charge is 0.300 e. The van der Waals surface area contributed by atoms with Gasteiger partial charge in [-0.3, -0.25) is 14.5 Å². The number of thioether (sulfide) groups is 1. The quantitative estimate of drug-likeness (QED) is 0.468. The van der Waals surface area contributed by atoms with E-state index in [-0.39, 0.29) is 23.4 Å². The molecule has 0 radical (unpaired) electrons. The molecular weight excluding hydrogens is 470 g/mol. The SMILES string of the molecule is CN=C1NC(=O)S/C1=C\c1cccc2c1cnn2Cc1ccc(C(F)(F)F)cc1C(F)(F)F. The minimum Gasteiger partial charge on any atom is -0.300 e. The van der Waals surface area contributed by atoms with E-state index in [9.17, 15) is 31.1 Å². The van der Waals surface area contributed by atoms with Crippen molar-refractivity contribution in [3.05, 3.63) is 69.8 Å². The molecule has 33 heavy (non-hydrogen) atoms. The fourth-order valence-corrected chi connectivity index (χ4v) is 4.20. The van der Waals surface area contributed by atoms with Gasteiger partial charge in [0.15, 0.2) is 0 Å². The van der Waals surface area contributed by atoms with Gasteiger partial charge in [-0.15, -0.1) is 0 Å². The third-order valence-electron chi connectivity index (χ3n) is 4.95. The minimum atomic E-state index is -4.97. The topological polar surface area (TPSA) is 59.3 Å². The van der Waals surface area contributed by atoms with Crippen molar-refractivity contribution in [1.29, 1.82) is 0 Å². The van der Waals surface area contributed by atoms with Crippen molar-refractivity contribution >= 4 is 39.8 Å². The number of carbonyl (C=O) groups is 1. The maximum atomic E-state index is 13.5. The Labute approximate surface area is 187 Å². The molecule has 1 saturated heterocycles. The molecule has 5 nitrogen and oxygen atoms in total. The number of amides is 1. The van der Waals surface area contributed by atoms with Gasteiger partial charge in [-0.25, -0.2) is 0 Å². The third kappa shape index (κ3) is 4.61. The molecular formula is C21H14F6N4OS. The van der Waals surface area contributed by atoms with E-state index in [0.717, 1.165) is 17.8 Å². The van der Waals surface area contributed by atoms with E-state index in [1.54, 1.807) is 24.3 Å². The highest BCUT2D eigenvalue weighted by atomic mass is 32.2. The van der Waals surface area contributed by atoms with Crippen LogP contribution in [0.5, 0.6) is 0 Å². The number of alkyl halides is 6. The molecule has 1 aliphatic rings. The molecule has 0 aliphatic carbocycles.